The molecule has 1 aromatic heterocycles. The van der Waals surface area contributed by atoms with Crippen molar-refractivity contribution in [3.63, 3.8) is 0 Å². The molecule has 0 saturated carbocycles. The molecule has 0 fully saturated rings. The number of hydrogen-bond donors (Lipinski definition) is 3. The summed E-state index contributed by atoms with van der Waals surface area (Å²) < 4.78 is 64.4. The van der Waals surface area contributed by atoms with Gasteiger partial charge in [-0.15, -0.1) is 0 Å². The molecule has 2 unspecified atom stereocenters. The number of phenolic OH excluding ortho intramolecular Hbond substituents is 1. The van der Waals surface area contributed by atoms with Gasteiger partial charge < -0.3 is 15.9 Å². The zero-order chi connectivity index (χ0) is 22.2. The van der Waals surface area contributed by atoms with E-state index >= 15 is 0 Å². The molecule has 0 radical (unpaired) electrons. The predicted molar refractivity (Wildman–Crippen MR) is 99.8 cm³/mol. The van der Waals surface area contributed by atoms with Crippen molar-refractivity contribution in [2.75, 3.05) is 5.73 Å². The standard InChI is InChI=1S/C11H11F3O2.C9H7F2N3/c12-11(13,14)10-7-2-1-3-8(15)6(7)4-5-9(10)16;1-4-13-3-5-7(12)2-6(10)8(11)9(5)14-4/h1-3,9-10,15-16H,4-5H2;2-3H,12H2,1H3. The van der Waals surface area contributed by atoms with Crippen molar-refractivity contribution in [3.8, 4) is 5.75 Å². The second kappa shape index (κ2) is 8.02. The van der Waals surface area contributed by atoms with Gasteiger partial charge in [0.25, 0.3) is 0 Å². The van der Waals surface area contributed by atoms with Crippen LogP contribution in [0.15, 0.2) is 30.5 Å². The Hall–Kier alpha value is -3.01. The second-order valence-corrected chi connectivity index (χ2v) is 6.91. The highest BCUT2D eigenvalue weighted by atomic mass is 19.4. The van der Waals surface area contributed by atoms with Crippen molar-refractivity contribution in [1.82, 2.24) is 9.97 Å². The fourth-order valence-electron chi connectivity index (χ4n) is 3.46. The predicted octanol–water partition coefficient (Wildman–Crippen LogP) is 4.14. The Morgan fingerprint density at radius 2 is 1.90 bits per heavy atom. The maximum Gasteiger partial charge on any atom is 0.398 e. The van der Waals surface area contributed by atoms with E-state index in [0.717, 1.165) is 6.07 Å². The second-order valence-electron chi connectivity index (χ2n) is 6.91. The molecule has 1 aliphatic carbocycles. The first-order valence-corrected chi connectivity index (χ1v) is 8.93. The van der Waals surface area contributed by atoms with Crippen LogP contribution in [0.2, 0.25) is 0 Å². The van der Waals surface area contributed by atoms with Gasteiger partial charge >= 0.3 is 6.18 Å². The molecule has 30 heavy (non-hydrogen) atoms. The van der Waals surface area contributed by atoms with E-state index < -0.39 is 29.8 Å². The van der Waals surface area contributed by atoms with Crippen LogP contribution in [0.25, 0.3) is 10.9 Å². The molecule has 0 amide bonds. The third-order valence-electron chi connectivity index (χ3n) is 4.87. The summed E-state index contributed by atoms with van der Waals surface area (Å²) in [5.74, 6) is -3.61. The Bertz CT molecular complexity index is 1090. The number of phenols is 1. The summed E-state index contributed by atoms with van der Waals surface area (Å²) in [6, 6.07) is 4.97. The first-order chi connectivity index (χ1) is 14.0. The number of aromatic nitrogens is 2. The van der Waals surface area contributed by atoms with Crippen LogP contribution >= 0.6 is 0 Å². The van der Waals surface area contributed by atoms with Gasteiger partial charge in [0.1, 0.15) is 23.0 Å². The topological polar surface area (TPSA) is 92.3 Å². The molecule has 0 bridgehead atoms. The number of hydrogen-bond acceptors (Lipinski definition) is 5. The number of aryl methyl sites for hydroxylation is 1. The molecule has 2 atom stereocenters. The lowest BCUT2D eigenvalue weighted by Crippen LogP contribution is -2.35. The van der Waals surface area contributed by atoms with E-state index in [-0.39, 0.29) is 35.4 Å². The Kier molecular flexibility index (Phi) is 5.80. The van der Waals surface area contributed by atoms with Crippen molar-refractivity contribution in [2.24, 2.45) is 0 Å². The van der Waals surface area contributed by atoms with Crippen molar-refractivity contribution < 1.29 is 32.2 Å². The SMILES string of the molecule is Cc1ncc2c(N)cc(F)c(F)c2n1.Oc1cccc2c1CCC(O)C2C(F)(F)F. The Morgan fingerprint density at radius 3 is 2.57 bits per heavy atom. The maximum atomic E-state index is 13.2. The summed E-state index contributed by atoms with van der Waals surface area (Å²) in [7, 11) is 0. The lowest BCUT2D eigenvalue weighted by molar-refractivity contribution is -0.174. The summed E-state index contributed by atoms with van der Waals surface area (Å²) >= 11 is 0. The quantitative estimate of drug-likeness (QED) is 0.370. The normalized spacial score (nSPS) is 18.5. The van der Waals surface area contributed by atoms with Crippen LogP contribution in [0, 0.1) is 18.6 Å². The monoisotopic (exact) mass is 427 g/mol. The molecule has 2 aromatic carbocycles. The molecular weight excluding hydrogens is 409 g/mol. The molecular formula is C20H18F5N3O2. The Balaban J connectivity index is 0.000000172. The molecule has 0 spiro atoms. The average Bonchev–Trinajstić information content (AvgIpc) is 2.65. The first kappa shape index (κ1) is 21.7. The molecule has 160 valence electrons. The van der Waals surface area contributed by atoms with Gasteiger partial charge in [0.15, 0.2) is 11.6 Å². The third kappa shape index (κ3) is 4.13. The molecule has 0 saturated heterocycles. The molecule has 0 aliphatic heterocycles. The number of benzene rings is 2. The van der Waals surface area contributed by atoms with E-state index in [4.69, 9.17) is 5.73 Å². The molecule has 3 aromatic rings. The van der Waals surface area contributed by atoms with Crippen LogP contribution < -0.4 is 5.73 Å². The van der Waals surface area contributed by atoms with E-state index in [2.05, 4.69) is 9.97 Å². The highest BCUT2D eigenvalue weighted by molar-refractivity contribution is 5.89. The number of aromatic hydroxyl groups is 1. The van der Waals surface area contributed by atoms with E-state index in [1.54, 1.807) is 6.92 Å². The molecule has 4 rings (SSSR count). The number of alkyl halides is 3. The minimum Gasteiger partial charge on any atom is -0.508 e. The van der Waals surface area contributed by atoms with Crippen LogP contribution in [0.3, 0.4) is 0 Å². The minimum atomic E-state index is -4.48. The molecule has 1 aliphatic rings. The van der Waals surface area contributed by atoms with Crippen LogP contribution in [-0.4, -0.2) is 32.5 Å². The third-order valence-corrected chi connectivity index (χ3v) is 4.87. The lowest BCUT2D eigenvalue weighted by Gasteiger charge is -2.32. The number of aliphatic hydroxyl groups is 1. The number of fused-ring (bicyclic) bond motifs is 2. The summed E-state index contributed by atoms with van der Waals surface area (Å²) in [6.45, 7) is 1.60. The molecule has 10 heteroatoms. The van der Waals surface area contributed by atoms with E-state index in [1.807, 2.05) is 0 Å². The maximum absolute atomic E-state index is 13.2. The number of aliphatic hydroxyl groups excluding tert-OH is 1. The van der Waals surface area contributed by atoms with Crippen molar-refractivity contribution in [1.29, 1.82) is 0 Å². The summed E-state index contributed by atoms with van der Waals surface area (Å²) in [5, 5.41) is 19.2. The van der Waals surface area contributed by atoms with Crippen LogP contribution in [0.4, 0.5) is 27.6 Å². The van der Waals surface area contributed by atoms with Gasteiger partial charge in [0, 0.05) is 23.3 Å². The zero-order valence-corrected chi connectivity index (χ0v) is 15.7. The van der Waals surface area contributed by atoms with Gasteiger partial charge in [-0.3, -0.25) is 0 Å². The molecule has 4 N–H and O–H groups in total. The van der Waals surface area contributed by atoms with E-state index in [1.165, 1.54) is 24.4 Å². The molecule has 1 heterocycles. The van der Waals surface area contributed by atoms with Gasteiger partial charge in [-0.1, -0.05) is 12.1 Å². The Morgan fingerprint density at radius 1 is 1.20 bits per heavy atom. The fraction of sp³-hybridized carbons (Fsp3) is 0.300. The Labute approximate surface area is 168 Å². The van der Waals surface area contributed by atoms with Crippen LogP contribution in [-0.2, 0) is 6.42 Å². The number of halogens is 5. The number of rotatable bonds is 0. The number of anilines is 1. The van der Waals surface area contributed by atoms with Crippen molar-refractivity contribution in [2.45, 2.75) is 38.0 Å². The summed E-state index contributed by atoms with van der Waals surface area (Å²) in [5.41, 5.74) is 5.85. The highest BCUT2D eigenvalue weighted by Crippen LogP contribution is 2.45. The minimum absolute atomic E-state index is 0.00810. The van der Waals surface area contributed by atoms with Gasteiger partial charge in [0.05, 0.1) is 6.10 Å². The fourth-order valence-corrected chi connectivity index (χ4v) is 3.46. The van der Waals surface area contributed by atoms with Crippen molar-refractivity contribution >= 4 is 16.6 Å². The average molecular weight is 427 g/mol. The van der Waals surface area contributed by atoms with Crippen molar-refractivity contribution in [3.05, 3.63) is 59.0 Å². The highest BCUT2D eigenvalue weighted by Gasteiger charge is 2.48. The van der Waals surface area contributed by atoms with Gasteiger partial charge in [-0.25, -0.2) is 18.7 Å². The number of nitrogens with zero attached hydrogens (tertiary/aromatic N) is 2. The van der Waals surface area contributed by atoms with E-state index in [9.17, 15) is 32.2 Å². The van der Waals surface area contributed by atoms with Crippen LogP contribution in [0.1, 0.15) is 29.3 Å². The summed E-state index contributed by atoms with van der Waals surface area (Å²) in [6.07, 6.45) is -4.23. The smallest absolute Gasteiger partial charge is 0.398 e. The zero-order valence-electron chi connectivity index (χ0n) is 15.7. The number of nitrogen functional groups attached to an aromatic ring is 1. The largest absolute Gasteiger partial charge is 0.508 e. The lowest BCUT2D eigenvalue weighted by atomic mass is 9.80. The van der Waals surface area contributed by atoms with E-state index in [0.29, 0.717) is 16.8 Å². The first-order valence-electron chi connectivity index (χ1n) is 8.93. The number of nitrogens with two attached hydrogens (primary N) is 1. The van der Waals surface area contributed by atoms with Gasteiger partial charge in [-0.05, 0) is 37.0 Å². The van der Waals surface area contributed by atoms with Gasteiger partial charge in [-0.2, -0.15) is 13.2 Å². The molecule has 5 nitrogen and oxygen atoms in total. The van der Waals surface area contributed by atoms with Crippen LogP contribution in [0.5, 0.6) is 5.75 Å². The van der Waals surface area contributed by atoms with Gasteiger partial charge in [0.2, 0.25) is 0 Å². The summed E-state index contributed by atoms with van der Waals surface area (Å²) in [4.78, 5) is 7.65.